The number of carbonyl (C=O) groups excluding carboxylic acids is 3. The van der Waals surface area contributed by atoms with E-state index in [0.717, 1.165) is 0 Å². The Morgan fingerprint density at radius 3 is 2.58 bits per heavy atom. The summed E-state index contributed by atoms with van der Waals surface area (Å²) in [5, 5.41) is 5.50. The highest BCUT2D eigenvalue weighted by Gasteiger charge is 2.28. The van der Waals surface area contributed by atoms with E-state index < -0.39 is 15.9 Å². The molecule has 12 nitrogen and oxygen atoms in total. The van der Waals surface area contributed by atoms with Crippen LogP contribution in [0.2, 0.25) is 0 Å². The summed E-state index contributed by atoms with van der Waals surface area (Å²) < 4.78 is 39.9. The van der Waals surface area contributed by atoms with Gasteiger partial charge in [0.15, 0.2) is 11.4 Å². The van der Waals surface area contributed by atoms with Crippen LogP contribution in [0.4, 0.5) is 5.69 Å². The third-order valence-electron chi connectivity index (χ3n) is 6.16. The largest absolute Gasteiger partial charge is 0.490 e. The molecule has 1 aromatic heterocycles. The van der Waals surface area contributed by atoms with Crippen molar-refractivity contribution >= 4 is 33.4 Å². The molecular weight excluding hydrogens is 514 g/mol. The van der Waals surface area contributed by atoms with E-state index >= 15 is 0 Å². The van der Waals surface area contributed by atoms with Crippen LogP contribution in [0, 0.1) is 0 Å². The maximum absolute atomic E-state index is 13.7. The molecule has 2 aliphatic heterocycles. The number of carbonyl (C=O) groups is 3. The van der Waals surface area contributed by atoms with Crippen molar-refractivity contribution in [3.8, 4) is 11.5 Å². The fraction of sp³-hybridized carbons (Fsp3) is 0.440. The van der Waals surface area contributed by atoms with E-state index in [1.807, 2.05) is 0 Å². The molecule has 0 atom stereocenters. The minimum atomic E-state index is -3.98. The van der Waals surface area contributed by atoms with E-state index in [0.29, 0.717) is 43.2 Å². The monoisotopic (exact) mass is 545 g/mol. The molecule has 204 valence electrons. The second-order valence-corrected chi connectivity index (χ2v) is 10.8. The maximum atomic E-state index is 13.7. The Morgan fingerprint density at radius 1 is 0.974 bits per heavy atom. The van der Waals surface area contributed by atoms with Gasteiger partial charge in [-0.15, -0.1) is 0 Å². The van der Waals surface area contributed by atoms with E-state index in [4.69, 9.17) is 9.47 Å². The summed E-state index contributed by atoms with van der Waals surface area (Å²) in [6.07, 6.45) is 2.25. The van der Waals surface area contributed by atoms with Gasteiger partial charge in [0.2, 0.25) is 21.8 Å². The highest BCUT2D eigenvalue weighted by atomic mass is 32.2. The molecule has 2 aliphatic rings. The summed E-state index contributed by atoms with van der Waals surface area (Å²) in [6.45, 7) is 2.86. The van der Waals surface area contributed by atoms with Gasteiger partial charge < -0.3 is 25.0 Å². The minimum absolute atomic E-state index is 0.0196. The lowest BCUT2D eigenvalue weighted by Crippen LogP contribution is -2.38. The summed E-state index contributed by atoms with van der Waals surface area (Å²) in [7, 11) is -3.98. The number of nitrogens with one attached hydrogen (secondary N) is 2. The first-order chi connectivity index (χ1) is 18.3. The molecule has 0 radical (unpaired) electrons. The van der Waals surface area contributed by atoms with Gasteiger partial charge in [-0.3, -0.25) is 14.4 Å². The van der Waals surface area contributed by atoms with Gasteiger partial charge in [0.25, 0.3) is 5.91 Å². The van der Waals surface area contributed by atoms with Crippen LogP contribution in [-0.2, 0) is 19.6 Å². The molecule has 38 heavy (non-hydrogen) atoms. The quantitative estimate of drug-likeness (QED) is 0.567. The number of amides is 3. The van der Waals surface area contributed by atoms with Crippen molar-refractivity contribution in [3.05, 3.63) is 42.2 Å². The molecule has 0 bridgehead atoms. The number of nitrogens with zero attached hydrogens (tertiary/aromatic N) is 3. The second kappa shape index (κ2) is 12.2. The number of fused-ring (bicyclic) bond motifs is 2. The lowest BCUT2D eigenvalue weighted by molar-refractivity contribution is -0.121. The molecule has 2 N–H and O–H groups in total. The fourth-order valence-corrected chi connectivity index (χ4v) is 5.80. The van der Waals surface area contributed by atoms with Crippen molar-refractivity contribution in [2.24, 2.45) is 0 Å². The first-order valence-corrected chi connectivity index (χ1v) is 13.9. The number of hydrogen-bond donors (Lipinski definition) is 2. The predicted octanol–water partition coefficient (Wildman–Crippen LogP) is 0.927. The molecule has 13 heteroatoms. The Kier molecular flexibility index (Phi) is 8.79. The molecule has 0 saturated heterocycles. The Morgan fingerprint density at radius 2 is 1.76 bits per heavy atom. The minimum Gasteiger partial charge on any atom is -0.490 e. The van der Waals surface area contributed by atoms with Crippen LogP contribution >= 0.6 is 0 Å². The molecule has 0 aliphatic carbocycles. The zero-order chi connectivity index (χ0) is 27.1. The van der Waals surface area contributed by atoms with Crippen molar-refractivity contribution in [3.63, 3.8) is 0 Å². The van der Waals surface area contributed by atoms with Crippen LogP contribution in [0.15, 0.2) is 41.4 Å². The Balaban J connectivity index is 1.54. The summed E-state index contributed by atoms with van der Waals surface area (Å²) in [4.78, 5) is 42.7. The topological polar surface area (TPSA) is 147 Å². The third kappa shape index (κ3) is 6.40. The van der Waals surface area contributed by atoms with Gasteiger partial charge in [-0.1, -0.05) is 0 Å². The van der Waals surface area contributed by atoms with Gasteiger partial charge in [0, 0.05) is 39.2 Å². The molecule has 0 saturated carbocycles. The smallest absolute Gasteiger partial charge is 0.273 e. The van der Waals surface area contributed by atoms with Gasteiger partial charge in [-0.25, -0.2) is 13.4 Å². The van der Waals surface area contributed by atoms with Gasteiger partial charge in [0.05, 0.1) is 23.7 Å². The zero-order valence-electron chi connectivity index (χ0n) is 21.1. The van der Waals surface area contributed by atoms with E-state index in [1.165, 1.54) is 34.5 Å². The Hall–Kier alpha value is -3.71. The fourth-order valence-electron chi connectivity index (χ4n) is 4.26. The Bertz CT molecular complexity index is 1300. The van der Waals surface area contributed by atoms with Gasteiger partial charge in [0.1, 0.15) is 19.0 Å². The molecule has 1 aromatic carbocycles. The van der Waals surface area contributed by atoms with Crippen molar-refractivity contribution < 1.29 is 32.3 Å². The van der Waals surface area contributed by atoms with Crippen LogP contribution in [0.5, 0.6) is 11.5 Å². The number of rotatable bonds is 2. The third-order valence-corrected chi connectivity index (χ3v) is 8.05. The summed E-state index contributed by atoms with van der Waals surface area (Å²) >= 11 is 0. The van der Waals surface area contributed by atoms with E-state index in [2.05, 4.69) is 15.6 Å². The SMILES string of the molecule is CC(=O)N1CCOc2ccc(S(=O)(=O)N3CCCNC(=O)c4ncccc4OCCNC(=O)CCC3)cc21. The molecule has 3 amide bonds. The Labute approximate surface area is 221 Å². The number of pyridine rings is 1. The van der Waals surface area contributed by atoms with Crippen molar-refractivity contribution in [2.45, 2.75) is 31.1 Å². The first kappa shape index (κ1) is 27.3. The van der Waals surface area contributed by atoms with E-state index in [1.54, 1.807) is 18.2 Å². The molecule has 3 heterocycles. The lowest BCUT2D eigenvalue weighted by Gasteiger charge is -2.29. The van der Waals surface area contributed by atoms with Gasteiger partial charge >= 0.3 is 0 Å². The standard InChI is InChI=1S/C25H31N5O7S/c1-18(31)30-14-16-37-21-8-7-19(17-20(21)30)38(34,35)29-12-3-6-23(32)26-11-15-36-22-5-2-9-27-24(22)25(33)28-10-4-13-29/h2,5,7-9,17H,3-4,6,10-16H2,1H3,(H,26,32)(H,28,33). The second-order valence-electron chi connectivity index (χ2n) is 8.81. The zero-order valence-corrected chi connectivity index (χ0v) is 22.0. The van der Waals surface area contributed by atoms with Crippen LogP contribution in [-0.4, -0.2) is 81.4 Å². The molecule has 0 spiro atoms. The average Bonchev–Trinajstić information content (AvgIpc) is 2.91. The molecule has 0 fully saturated rings. The van der Waals surface area contributed by atoms with Crippen molar-refractivity contribution in [1.82, 2.24) is 19.9 Å². The molecule has 4 rings (SSSR count). The van der Waals surface area contributed by atoms with Crippen LogP contribution < -0.4 is 25.0 Å². The van der Waals surface area contributed by atoms with E-state index in [9.17, 15) is 22.8 Å². The highest BCUT2D eigenvalue weighted by molar-refractivity contribution is 7.89. The number of anilines is 1. The number of aromatic nitrogens is 1. The summed E-state index contributed by atoms with van der Waals surface area (Å²) in [5.41, 5.74) is 0.515. The lowest BCUT2D eigenvalue weighted by atomic mass is 10.2. The summed E-state index contributed by atoms with van der Waals surface area (Å²) in [5.74, 6) is -0.144. The summed E-state index contributed by atoms with van der Waals surface area (Å²) in [6, 6.07) is 7.72. The normalized spacial score (nSPS) is 18.2. The maximum Gasteiger partial charge on any atom is 0.273 e. The van der Waals surface area contributed by atoms with Gasteiger partial charge in [-0.05, 0) is 43.2 Å². The average molecular weight is 546 g/mol. The molecule has 0 unspecified atom stereocenters. The number of hydrogen-bond acceptors (Lipinski definition) is 8. The first-order valence-electron chi connectivity index (χ1n) is 12.4. The number of ether oxygens (including phenoxy) is 2. The van der Waals surface area contributed by atoms with Crippen LogP contribution in [0.1, 0.15) is 36.7 Å². The molecule has 2 aromatic rings. The van der Waals surface area contributed by atoms with Crippen molar-refractivity contribution in [2.75, 3.05) is 50.8 Å². The highest BCUT2D eigenvalue weighted by Crippen LogP contribution is 2.34. The van der Waals surface area contributed by atoms with Gasteiger partial charge in [-0.2, -0.15) is 4.31 Å². The predicted molar refractivity (Wildman–Crippen MR) is 138 cm³/mol. The van der Waals surface area contributed by atoms with E-state index in [-0.39, 0.29) is 61.6 Å². The van der Waals surface area contributed by atoms with Crippen molar-refractivity contribution in [1.29, 1.82) is 0 Å². The van der Waals surface area contributed by atoms with Crippen LogP contribution in [0.3, 0.4) is 0 Å². The number of benzene rings is 1. The molecular formula is C25H31N5O7S. The van der Waals surface area contributed by atoms with Crippen LogP contribution in [0.25, 0.3) is 0 Å². The number of sulfonamides is 1.